The summed E-state index contributed by atoms with van der Waals surface area (Å²) in [5.41, 5.74) is 9.15. The lowest BCUT2D eigenvalue weighted by molar-refractivity contribution is 0.0827. The first-order chi connectivity index (χ1) is 20.2. The molecule has 5 rings (SSSR count). The minimum Gasteiger partial charge on any atom is -0.397 e. The number of aryl methyl sites for hydroxylation is 1. The maximum absolute atomic E-state index is 12.8. The van der Waals surface area contributed by atoms with Crippen molar-refractivity contribution < 1.29 is 13.0 Å². The van der Waals surface area contributed by atoms with Crippen LogP contribution in [0, 0.1) is 0 Å². The molecule has 0 aliphatic carbocycles. The smallest absolute Gasteiger partial charge is 0.273 e. The number of fused-ring (bicyclic) bond motifs is 1. The van der Waals surface area contributed by atoms with E-state index < -0.39 is 19.9 Å². The van der Waals surface area contributed by atoms with Crippen molar-refractivity contribution in [1.82, 2.24) is 29.1 Å². The third kappa shape index (κ3) is 4.62. The van der Waals surface area contributed by atoms with Crippen LogP contribution >= 0.6 is 0 Å². The molecule has 0 unspecified atom stereocenters. The topological polar surface area (TPSA) is 102 Å². The first kappa shape index (κ1) is 18.3. The van der Waals surface area contributed by atoms with Gasteiger partial charge in [-0.2, -0.15) is 9.78 Å². The molecular weight excluding hydrogens is 466 g/mol. The summed E-state index contributed by atoms with van der Waals surface area (Å²) in [6, 6.07) is 11.8. The zero-order chi connectivity index (χ0) is 31.3. The summed E-state index contributed by atoms with van der Waals surface area (Å²) in [5.74, 6) is -0.821. The van der Waals surface area contributed by atoms with Crippen LogP contribution in [-0.2, 0) is 7.05 Å². The van der Waals surface area contributed by atoms with Crippen LogP contribution in [0.4, 0.5) is 5.69 Å². The van der Waals surface area contributed by atoms with Gasteiger partial charge in [0.1, 0.15) is 5.65 Å². The molecule has 1 aliphatic heterocycles. The van der Waals surface area contributed by atoms with Gasteiger partial charge in [0.25, 0.3) is 11.5 Å². The van der Waals surface area contributed by atoms with Gasteiger partial charge in [-0.15, -0.1) is 0 Å². The molecule has 0 bridgehead atoms. The van der Waals surface area contributed by atoms with E-state index in [1.165, 1.54) is 29.1 Å². The number of carbonyl (C=O) groups is 1. The lowest BCUT2D eigenvalue weighted by Gasteiger charge is -2.36. The number of pyridine rings is 1. The highest BCUT2D eigenvalue weighted by atomic mass is 16.2. The van der Waals surface area contributed by atoms with Crippen LogP contribution in [0.15, 0.2) is 59.7 Å². The van der Waals surface area contributed by atoms with Gasteiger partial charge in [-0.1, -0.05) is 12.1 Å². The highest BCUT2D eigenvalue weighted by Crippen LogP contribution is 2.34. The van der Waals surface area contributed by atoms with Crippen LogP contribution in [0.1, 0.15) is 61.6 Å². The molecule has 4 aromatic rings. The molecule has 37 heavy (non-hydrogen) atoms. The number of piperidine rings is 1. The molecular formula is C28H33N7O2. The molecule has 1 saturated heterocycles. The predicted molar refractivity (Wildman–Crippen MR) is 145 cm³/mol. The Kier molecular flexibility index (Phi) is 4.85. The second kappa shape index (κ2) is 9.82. The summed E-state index contributed by atoms with van der Waals surface area (Å²) in [5, 5.41) is 5.03. The fraction of sp³-hybridized carbons (Fsp3) is 0.357. The third-order valence-corrected chi connectivity index (χ3v) is 7.33. The Balaban J connectivity index is 1.30. The highest BCUT2D eigenvalue weighted by molar-refractivity contribution is 5.93. The Morgan fingerprint density at radius 1 is 1.16 bits per heavy atom. The number of nitrogens with two attached hydrogens (primary N) is 1. The lowest BCUT2D eigenvalue weighted by Crippen LogP contribution is -2.35. The Morgan fingerprint density at radius 2 is 1.89 bits per heavy atom. The molecule has 9 nitrogen and oxygen atoms in total. The molecule has 3 aromatic heterocycles. The van der Waals surface area contributed by atoms with Gasteiger partial charge < -0.3 is 15.2 Å². The van der Waals surface area contributed by atoms with Gasteiger partial charge >= 0.3 is 0 Å². The molecule has 1 aliphatic rings. The van der Waals surface area contributed by atoms with Crippen molar-refractivity contribution in [1.29, 1.82) is 0 Å². The van der Waals surface area contributed by atoms with E-state index in [0.717, 1.165) is 48.2 Å². The molecule has 0 spiro atoms. The van der Waals surface area contributed by atoms with Crippen LogP contribution in [0.25, 0.3) is 16.7 Å². The Bertz CT molecular complexity index is 1690. The van der Waals surface area contributed by atoms with Gasteiger partial charge in [0.05, 0.1) is 17.6 Å². The van der Waals surface area contributed by atoms with Crippen molar-refractivity contribution in [3.63, 3.8) is 0 Å². The molecule has 1 fully saturated rings. The van der Waals surface area contributed by atoms with Crippen molar-refractivity contribution in [2.45, 2.75) is 31.7 Å². The molecule has 0 saturated carbocycles. The van der Waals surface area contributed by atoms with E-state index in [-0.39, 0.29) is 28.0 Å². The SMILES string of the molecule is [2H]C([2H])([2H])N(C(=O)c1ccc(C2CCN([C@@H](C)c3cc4c(-n5ncc(N)cc5=O)ccnc4n3C)CC2)cc1)C([2H])([2H])[2H]. The minimum absolute atomic E-state index is 0.0160. The fourth-order valence-corrected chi connectivity index (χ4v) is 5.25. The summed E-state index contributed by atoms with van der Waals surface area (Å²) in [4.78, 5) is 32.3. The van der Waals surface area contributed by atoms with Gasteiger partial charge in [0.2, 0.25) is 0 Å². The van der Waals surface area contributed by atoms with Gasteiger partial charge in [-0.3, -0.25) is 14.5 Å². The second-order valence-corrected chi connectivity index (χ2v) is 9.48. The van der Waals surface area contributed by atoms with Crippen LogP contribution in [0.2, 0.25) is 0 Å². The van der Waals surface area contributed by atoms with Crippen molar-refractivity contribution in [2.24, 2.45) is 7.05 Å². The summed E-state index contributed by atoms with van der Waals surface area (Å²) in [6.07, 6.45) is 4.84. The monoisotopic (exact) mass is 505 g/mol. The zero-order valence-electron chi connectivity index (χ0n) is 26.8. The summed E-state index contributed by atoms with van der Waals surface area (Å²) in [7, 11) is 1.96. The Hall–Kier alpha value is -3.98. The van der Waals surface area contributed by atoms with E-state index in [4.69, 9.17) is 14.0 Å². The average molecular weight is 506 g/mol. The van der Waals surface area contributed by atoms with Crippen LogP contribution in [0.5, 0.6) is 0 Å². The van der Waals surface area contributed by atoms with Crippen LogP contribution < -0.4 is 11.3 Å². The molecule has 1 aromatic carbocycles. The fourth-order valence-electron chi connectivity index (χ4n) is 5.25. The molecule has 0 radical (unpaired) electrons. The maximum Gasteiger partial charge on any atom is 0.273 e. The summed E-state index contributed by atoms with van der Waals surface area (Å²) < 4.78 is 48.4. The molecule has 192 valence electrons. The number of likely N-dealkylation sites (tertiary alicyclic amines) is 1. The molecule has 4 heterocycles. The van der Waals surface area contributed by atoms with E-state index in [9.17, 15) is 9.59 Å². The minimum atomic E-state index is -3.09. The van der Waals surface area contributed by atoms with Crippen molar-refractivity contribution >= 4 is 22.6 Å². The highest BCUT2D eigenvalue weighted by Gasteiger charge is 2.27. The number of anilines is 1. The normalized spacial score (nSPS) is 18.8. The third-order valence-electron chi connectivity index (χ3n) is 7.33. The van der Waals surface area contributed by atoms with Gasteiger partial charge in [-0.25, -0.2) is 4.98 Å². The standard InChI is InChI=1S/C28H33N7O2/c1-18(34-13-10-20(11-14-34)19-5-7-21(8-6-19)28(37)32(2)3)25-16-23-24(9-12-30-27(23)33(25)4)35-26(36)15-22(29)17-31-35/h5-9,12,15-18,20H,10-11,13-14,29H2,1-4H3/t18-/m0/s1/i2D3,3D3. The van der Waals surface area contributed by atoms with Gasteiger partial charge in [-0.05, 0) is 68.6 Å². The maximum atomic E-state index is 12.8. The summed E-state index contributed by atoms with van der Waals surface area (Å²) >= 11 is 0. The number of hydrogen-bond donors (Lipinski definition) is 1. The Labute approximate surface area is 224 Å². The van der Waals surface area contributed by atoms with Crippen LogP contribution in [0.3, 0.4) is 0 Å². The Morgan fingerprint density at radius 3 is 2.57 bits per heavy atom. The predicted octanol–water partition coefficient (Wildman–Crippen LogP) is 3.34. The van der Waals surface area contributed by atoms with Gasteiger partial charge in [0, 0.05) is 64.2 Å². The number of carbonyl (C=O) groups excluding carboxylic acids is 1. The number of aromatic nitrogens is 4. The van der Waals surface area contributed by atoms with E-state index >= 15 is 0 Å². The molecule has 9 heteroatoms. The van der Waals surface area contributed by atoms with Crippen LogP contribution in [-0.4, -0.2) is 62.1 Å². The number of hydrogen-bond acceptors (Lipinski definition) is 6. The second-order valence-electron chi connectivity index (χ2n) is 9.48. The molecule has 2 N–H and O–H groups in total. The van der Waals surface area contributed by atoms with Crippen molar-refractivity contribution in [3.8, 4) is 5.69 Å². The van der Waals surface area contributed by atoms with E-state index in [1.807, 2.05) is 11.6 Å². The largest absolute Gasteiger partial charge is 0.397 e. The van der Waals surface area contributed by atoms with E-state index in [1.54, 1.807) is 24.4 Å². The van der Waals surface area contributed by atoms with E-state index in [2.05, 4.69) is 28.0 Å². The van der Waals surface area contributed by atoms with Gasteiger partial charge in [0.15, 0.2) is 0 Å². The molecule has 1 amide bonds. The number of nitrogens with zero attached hydrogens (tertiary/aromatic N) is 6. The first-order valence-electron chi connectivity index (χ1n) is 15.1. The molecule has 1 atom stereocenters. The number of amides is 1. The summed E-state index contributed by atoms with van der Waals surface area (Å²) in [6.45, 7) is -2.39. The average Bonchev–Trinajstić information content (AvgIpc) is 3.28. The first-order valence-corrected chi connectivity index (χ1v) is 12.1. The van der Waals surface area contributed by atoms with Crippen molar-refractivity contribution in [3.05, 3.63) is 82.0 Å². The lowest BCUT2D eigenvalue weighted by atomic mass is 9.88. The number of nitrogen functional groups attached to an aromatic ring is 1. The number of benzene rings is 1. The quantitative estimate of drug-likeness (QED) is 0.446. The number of rotatable bonds is 5. The van der Waals surface area contributed by atoms with E-state index in [0.29, 0.717) is 11.4 Å². The van der Waals surface area contributed by atoms with Crippen molar-refractivity contribution in [2.75, 3.05) is 32.8 Å². The zero-order valence-corrected chi connectivity index (χ0v) is 20.8.